The zero-order valence-corrected chi connectivity index (χ0v) is 11.6. The predicted octanol–water partition coefficient (Wildman–Crippen LogP) is 0.0107. The molecule has 4 N–H and O–H groups in total. The monoisotopic (exact) mass is 310 g/mol. The zero-order chi connectivity index (χ0) is 13.8. The predicted molar refractivity (Wildman–Crippen MR) is 69.5 cm³/mol. The third-order valence-corrected chi connectivity index (χ3v) is 6.60. The van der Waals surface area contributed by atoms with Crippen LogP contribution in [0.4, 0.5) is 4.79 Å². The number of sulfone groups is 1. The molecule has 9 heteroatoms. The van der Waals surface area contributed by atoms with Crippen LogP contribution in [0, 0.1) is 5.41 Å². The lowest BCUT2D eigenvalue weighted by molar-refractivity contribution is -0.121. The lowest BCUT2D eigenvalue weighted by atomic mass is 10.1. The molecule has 0 saturated heterocycles. The minimum absolute atomic E-state index is 0. The molecule has 0 heterocycles. The molecule has 0 aromatic heterocycles. The summed E-state index contributed by atoms with van der Waals surface area (Å²) in [6, 6.07) is 0. The van der Waals surface area contributed by atoms with Gasteiger partial charge in [0.15, 0.2) is 14.7 Å². The fourth-order valence-electron chi connectivity index (χ4n) is 2.39. The highest BCUT2D eigenvalue weighted by atomic mass is 35.5. The molecule has 2 fully saturated rings. The molecule has 0 aliphatic heterocycles. The van der Waals surface area contributed by atoms with Crippen LogP contribution < -0.4 is 11.1 Å². The molecule has 19 heavy (non-hydrogen) atoms. The third-order valence-electron chi connectivity index (χ3n) is 3.67. The van der Waals surface area contributed by atoms with E-state index in [0.29, 0.717) is 12.8 Å². The maximum Gasteiger partial charge on any atom is 0.405 e. The second-order valence-corrected chi connectivity index (χ2v) is 7.17. The van der Waals surface area contributed by atoms with Crippen molar-refractivity contribution in [1.29, 1.82) is 0 Å². The highest BCUT2D eigenvalue weighted by Crippen LogP contribution is 2.62. The highest BCUT2D eigenvalue weighted by molar-refractivity contribution is 7.94. The normalized spacial score (nSPS) is 32.8. The summed E-state index contributed by atoms with van der Waals surface area (Å²) in [5.41, 5.74) is 3.67. The van der Waals surface area contributed by atoms with Crippen LogP contribution in [0.25, 0.3) is 0 Å². The average Bonchev–Trinajstić information content (AvgIpc) is 3.11. The number of carbonyl (C=O) groups is 2. The maximum absolute atomic E-state index is 12.3. The van der Waals surface area contributed by atoms with Crippen molar-refractivity contribution in [2.24, 2.45) is 11.1 Å². The number of amides is 2. The lowest BCUT2D eigenvalue weighted by Crippen LogP contribution is -2.51. The fraction of sp³-hybridized carbons (Fsp3) is 0.600. The van der Waals surface area contributed by atoms with Crippen LogP contribution in [0.2, 0.25) is 0 Å². The van der Waals surface area contributed by atoms with Gasteiger partial charge in [0.05, 0.1) is 5.25 Å². The first-order chi connectivity index (χ1) is 8.23. The molecule has 2 aliphatic carbocycles. The molecular formula is C10H15ClN2O5S. The van der Waals surface area contributed by atoms with Crippen molar-refractivity contribution in [3.8, 4) is 0 Å². The van der Waals surface area contributed by atoms with E-state index in [1.807, 2.05) is 5.32 Å². The fourth-order valence-corrected chi connectivity index (χ4v) is 5.06. The Balaban J connectivity index is 0.00000180. The van der Waals surface area contributed by atoms with Gasteiger partial charge in [0.1, 0.15) is 5.41 Å². The summed E-state index contributed by atoms with van der Waals surface area (Å²) in [5.74, 6) is -0.879. The Morgan fingerprint density at radius 2 is 1.95 bits per heavy atom. The number of halogens is 1. The summed E-state index contributed by atoms with van der Waals surface area (Å²) >= 11 is 0. The summed E-state index contributed by atoms with van der Waals surface area (Å²) in [5, 5.41) is 10.2. The van der Waals surface area contributed by atoms with Crippen molar-refractivity contribution in [1.82, 2.24) is 5.32 Å². The Morgan fingerprint density at radius 3 is 2.21 bits per heavy atom. The molecule has 2 saturated carbocycles. The quantitative estimate of drug-likeness (QED) is 0.616. The Kier molecular flexibility index (Phi) is 3.64. The molecule has 0 spiro atoms. The molecule has 2 rings (SSSR count). The molecule has 2 amide bonds. The number of primary amides is 1. The van der Waals surface area contributed by atoms with Gasteiger partial charge in [-0.15, -0.1) is 19.0 Å². The first-order valence-corrected chi connectivity index (χ1v) is 6.96. The number of nitrogens with two attached hydrogens (primary N) is 1. The van der Waals surface area contributed by atoms with E-state index < -0.39 is 37.4 Å². The van der Waals surface area contributed by atoms with Crippen molar-refractivity contribution in [3.05, 3.63) is 12.7 Å². The van der Waals surface area contributed by atoms with Crippen molar-refractivity contribution < 1.29 is 23.1 Å². The molecule has 0 bridgehead atoms. The number of rotatable bonds is 5. The first-order valence-electron chi connectivity index (χ1n) is 5.41. The van der Waals surface area contributed by atoms with E-state index in [1.54, 1.807) is 0 Å². The smallest absolute Gasteiger partial charge is 0.405 e. The zero-order valence-electron chi connectivity index (χ0n) is 9.96. The van der Waals surface area contributed by atoms with Crippen molar-refractivity contribution >= 4 is 34.2 Å². The number of carbonyl (C=O) groups excluding carboxylic acids is 1. The van der Waals surface area contributed by atoms with Gasteiger partial charge in [-0.1, -0.05) is 6.08 Å². The maximum atomic E-state index is 12.3. The summed E-state index contributed by atoms with van der Waals surface area (Å²) < 4.78 is 24.6. The molecule has 0 radical (unpaired) electrons. The van der Waals surface area contributed by atoms with Crippen LogP contribution in [0.3, 0.4) is 0 Å². The van der Waals surface area contributed by atoms with Crippen molar-refractivity contribution in [2.75, 3.05) is 0 Å². The van der Waals surface area contributed by atoms with Gasteiger partial charge in [-0.2, -0.15) is 0 Å². The third kappa shape index (κ3) is 1.90. The van der Waals surface area contributed by atoms with E-state index in [1.165, 1.54) is 0 Å². The van der Waals surface area contributed by atoms with E-state index in [0.717, 1.165) is 6.08 Å². The number of nitrogens with one attached hydrogen (secondary N) is 1. The largest absolute Gasteiger partial charge is 0.465 e. The molecular weight excluding hydrogens is 296 g/mol. The topological polar surface area (TPSA) is 127 Å². The van der Waals surface area contributed by atoms with E-state index in [9.17, 15) is 18.0 Å². The Labute approximate surface area is 116 Å². The van der Waals surface area contributed by atoms with Crippen LogP contribution >= 0.6 is 12.4 Å². The first kappa shape index (κ1) is 15.8. The summed E-state index contributed by atoms with van der Waals surface area (Å²) in [7, 11) is -3.78. The van der Waals surface area contributed by atoms with Crippen LogP contribution in [-0.2, 0) is 14.6 Å². The second kappa shape index (κ2) is 4.38. The van der Waals surface area contributed by atoms with Crippen molar-refractivity contribution in [3.63, 3.8) is 0 Å². The van der Waals surface area contributed by atoms with Gasteiger partial charge in [-0.3, -0.25) is 4.79 Å². The molecule has 7 nitrogen and oxygen atoms in total. The standard InChI is InChI=1S/C10H14N2O5S.ClH/c1-2-9(7(11)13)5-10(9,12-8(14)15)18(16,17)6-3-4-6;/h2,6,12H,1,3-5H2,(H2,11,13)(H,14,15);1H/t9-,10-;/m1./s1. The van der Waals surface area contributed by atoms with Gasteiger partial charge >= 0.3 is 6.09 Å². The highest BCUT2D eigenvalue weighted by Gasteiger charge is 2.79. The molecule has 0 aromatic carbocycles. The minimum Gasteiger partial charge on any atom is -0.465 e. The summed E-state index contributed by atoms with van der Waals surface area (Å²) in [6.45, 7) is 3.41. The van der Waals surface area contributed by atoms with Gasteiger partial charge < -0.3 is 16.2 Å². The van der Waals surface area contributed by atoms with Crippen LogP contribution in [0.15, 0.2) is 12.7 Å². The Bertz CT molecular complexity index is 544. The van der Waals surface area contributed by atoms with Crippen LogP contribution in [0.5, 0.6) is 0 Å². The van der Waals surface area contributed by atoms with Crippen LogP contribution in [0.1, 0.15) is 19.3 Å². The summed E-state index contributed by atoms with van der Waals surface area (Å²) in [4.78, 5) is 20.4. The average molecular weight is 311 g/mol. The number of hydrogen-bond acceptors (Lipinski definition) is 4. The molecule has 0 unspecified atom stereocenters. The van der Waals surface area contributed by atoms with E-state index in [-0.39, 0.29) is 18.8 Å². The van der Waals surface area contributed by atoms with Crippen molar-refractivity contribution in [2.45, 2.75) is 29.4 Å². The number of hydrogen-bond donors (Lipinski definition) is 3. The van der Waals surface area contributed by atoms with E-state index in [2.05, 4.69) is 6.58 Å². The van der Waals surface area contributed by atoms with Gasteiger partial charge in [0, 0.05) is 6.42 Å². The molecule has 2 aliphatic rings. The second-order valence-electron chi connectivity index (χ2n) is 4.72. The SMILES string of the molecule is C=C[C@]1(C(N)=O)C[C@@]1(NC(=O)O)S(=O)(=O)C1CC1.Cl. The van der Waals surface area contributed by atoms with Gasteiger partial charge in [0.25, 0.3) is 0 Å². The number of carboxylic acid groups (broad SMARTS) is 1. The van der Waals surface area contributed by atoms with Gasteiger partial charge in [-0.25, -0.2) is 13.2 Å². The molecule has 2 atom stereocenters. The summed E-state index contributed by atoms with van der Waals surface area (Å²) in [6.07, 6.45) is 0.424. The van der Waals surface area contributed by atoms with E-state index >= 15 is 0 Å². The van der Waals surface area contributed by atoms with Crippen LogP contribution in [-0.4, -0.2) is 35.6 Å². The van der Waals surface area contributed by atoms with E-state index in [4.69, 9.17) is 10.8 Å². The molecule has 108 valence electrons. The Hall–Kier alpha value is -1.28. The van der Waals surface area contributed by atoms with Gasteiger partial charge in [-0.05, 0) is 12.8 Å². The Morgan fingerprint density at radius 1 is 1.42 bits per heavy atom. The minimum atomic E-state index is -3.78. The lowest BCUT2D eigenvalue weighted by Gasteiger charge is -2.21. The van der Waals surface area contributed by atoms with Gasteiger partial charge in [0.2, 0.25) is 5.91 Å². The molecule has 0 aromatic rings.